The summed E-state index contributed by atoms with van der Waals surface area (Å²) in [5.41, 5.74) is 4.11. The molecule has 0 radical (unpaired) electrons. The van der Waals surface area contributed by atoms with Crippen molar-refractivity contribution in [2.24, 2.45) is 0 Å². The molecule has 0 spiro atoms. The van der Waals surface area contributed by atoms with Crippen molar-refractivity contribution in [2.75, 3.05) is 0 Å². The first-order chi connectivity index (χ1) is 9.98. The van der Waals surface area contributed by atoms with Crippen molar-refractivity contribution in [3.63, 3.8) is 0 Å². The van der Waals surface area contributed by atoms with Gasteiger partial charge in [-0.25, -0.2) is 0 Å². The van der Waals surface area contributed by atoms with Crippen LogP contribution >= 0.6 is 0 Å². The van der Waals surface area contributed by atoms with E-state index in [9.17, 15) is 30.3 Å². The molecular weight excluding hydrogens is 294 g/mol. The second-order valence-corrected chi connectivity index (χ2v) is 5.33. The van der Waals surface area contributed by atoms with Crippen molar-refractivity contribution in [1.82, 2.24) is 0 Å². The molecule has 0 heterocycles. The summed E-state index contributed by atoms with van der Waals surface area (Å²) in [7, 11) is 0. The maximum atomic E-state index is 11.1. The van der Waals surface area contributed by atoms with Crippen molar-refractivity contribution in [1.29, 1.82) is 0 Å². The van der Waals surface area contributed by atoms with E-state index < -0.39 is 27.0 Å². The van der Waals surface area contributed by atoms with Gasteiger partial charge in [-0.05, 0) is 68.0 Å². The van der Waals surface area contributed by atoms with E-state index in [1.807, 2.05) is 6.92 Å². The molecule has 9 nitrogen and oxygen atoms in total. The van der Waals surface area contributed by atoms with E-state index in [4.69, 9.17) is 0 Å². The second-order valence-electron chi connectivity index (χ2n) is 5.33. The zero-order chi connectivity index (χ0) is 17.4. The summed E-state index contributed by atoms with van der Waals surface area (Å²) in [6.07, 6.45) is -0.889. The Morgan fingerprint density at radius 1 is 0.682 bits per heavy atom. The van der Waals surface area contributed by atoms with Crippen LogP contribution in [-0.4, -0.2) is 20.6 Å². The van der Waals surface area contributed by atoms with Crippen LogP contribution in [0.3, 0.4) is 0 Å². The van der Waals surface area contributed by atoms with Crippen LogP contribution in [0, 0.1) is 65.0 Å². The fraction of sp³-hybridized carbons (Fsp3) is 0.538. The quantitative estimate of drug-likeness (QED) is 0.465. The van der Waals surface area contributed by atoms with Gasteiger partial charge < -0.3 is 0 Å². The lowest BCUT2D eigenvalue weighted by Gasteiger charge is -2.19. The summed E-state index contributed by atoms with van der Waals surface area (Å²) in [5, 5.41) is 33.3. The Labute approximate surface area is 126 Å². The number of hydrogen-bond donors (Lipinski definition) is 0. The van der Waals surface area contributed by atoms with Crippen LogP contribution in [0.25, 0.3) is 0 Å². The first-order valence-electron chi connectivity index (χ1n) is 6.47. The molecule has 0 aromatic heterocycles. The highest BCUT2D eigenvalue weighted by atomic mass is 16.7. The molecule has 0 fully saturated rings. The summed E-state index contributed by atoms with van der Waals surface area (Å²) in [6.45, 7) is 8.76. The van der Waals surface area contributed by atoms with Crippen molar-refractivity contribution < 1.29 is 14.8 Å². The molecule has 1 aromatic carbocycles. The van der Waals surface area contributed by atoms with Gasteiger partial charge in [0.1, 0.15) is 0 Å². The minimum Gasteiger partial charge on any atom is -0.253 e. The molecule has 22 heavy (non-hydrogen) atoms. The van der Waals surface area contributed by atoms with Gasteiger partial charge in [0.25, 0.3) is 0 Å². The van der Waals surface area contributed by atoms with Gasteiger partial charge in [-0.3, -0.25) is 30.3 Å². The predicted molar refractivity (Wildman–Crippen MR) is 77.5 cm³/mol. The van der Waals surface area contributed by atoms with Gasteiger partial charge in [-0.1, -0.05) is 0 Å². The van der Waals surface area contributed by atoms with Gasteiger partial charge in [0, 0.05) is 0 Å². The van der Waals surface area contributed by atoms with Gasteiger partial charge in [0.05, 0.1) is 0 Å². The van der Waals surface area contributed by atoms with E-state index in [1.54, 1.807) is 27.7 Å². The van der Waals surface area contributed by atoms with Crippen molar-refractivity contribution in [3.05, 3.63) is 63.7 Å². The molecule has 0 saturated carbocycles. The minimum atomic E-state index is -3.47. The Morgan fingerprint density at radius 3 is 1.23 bits per heavy atom. The third kappa shape index (κ3) is 2.38. The molecule has 120 valence electrons. The van der Waals surface area contributed by atoms with Crippen molar-refractivity contribution in [3.8, 4) is 0 Å². The molecule has 0 atom stereocenters. The molecular formula is C13H17N3O6. The maximum absolute atomic E-state index is 11.1. The van der Waals surface area contributed by atoms with E-state index >= 15 is 0 Å². The third-order valence-electron chi connectivity index (χ3n) is 4.45. The number of rotatable bonds is 5. The standard InChI is InChI=1S/C13H17N3O6/c1-7-8(2)10(4)12(11(5)9(7)3)6-13(14(17)18,15(19)20)16(21)22/h6H2,1-5H3. The van der Waals surface area contributed by atoms with Crippen molar-refractivity contribution >= 4 is 0 Å². The Hall–Kier alpha value is -2.58. The number of benzene rings is 1. The lowest BCUT2D eigenvalue weighted by atomic mass is 9.87. The zero-order valence-corrected chi connectivity index (χ0v) is 13.0. The Balaban J connectivity index is 3.67. The van der Waals surface area contributed by atoms with E-state index in [2.05, 4.69) is 0 Å². The third-order valence-corrected chi connectivity index (χ3v) is 4.45. The highest BCUT2D eigenvalue weighted by molar-refractivity contribution is 5.49. The molecule has 0 aliphatic rings. The SMILES string of the molecule is Cc1c(C)c(C)c(CC([N+](=O)[O-])([N+](=O)[O-])[N+](=O)[O-])c(C)c1C. The summed E-state index contributed by atoms with van der Waals surface area (Å²) < 4.78 is 0. The Morgan fingerprint density at radius 2 is 0.955 bits per heavy atom. The van der Waals surface area contributed by atoms with Crippen molar-refractivity contribution in [2.45, 2.75) is 46.8 Å². The fourth-order valence-electron chi connectivity index (χ4n) is 2.47. The van der Waals surface area contributed by atoms with E-state index in [-0.39, 0.29) is 5.56 Å². The van der Waals surface area contributed by atoms with Gasteiger partial charge in [0.15, 0.2) is 21.2 Å². The van der Waals surface area contributed by atoms with Gasteiger partial charge in [-0.15, -0.1) is 0 Å². The molecule has 0 unspecified atom stereocenters. The highest BCUT2D eigenvalue weighted by Gasteiger charge is 2.70. The summed E-state index contributed by atoms with van der Waals surface area (Å²) in [6, 6.07) is 0. The number of nitro groups is 3. The molecule has 1 rings (SSSR count). The average Bonchev–Trinajstić information content (AvgIpc) is 2.42. The molecule has 0 saturated heterocycles. The zero-order valence-electron chi connectivity index (χ0n) is 13.0. The summed E-state index contributed by atoms with van der Waals surface area (Å²) in [5.74, 6) is -3.47. The second kappa shape index (κ2) is 5.66. The topological polar surface area (TPSA) is 129 Å². The number of nitrogens with zero attached hydrogens (tertiary/aromatic N) is 3. The molecule has 0 aliphatic heterocycles. The smallest absolute Gasteiger partial charge is 0.253 e. The Kier molecular flexibility index (Phi) is 4.50. The molecule has 1 aromatic rings. The predicted octanol–water partition coefficient (Wildman–Crippen LogP) is 2.26. The molecule has 9 heteroatoms. The maximum Gasteiger partial charge on any atom is 0.703 e. The van der Waals surface area contributed by atoms with Gasteiger partial charge in [-0.2, -0.15) is 0 Å². The fourth-order valence-corrected chi connectivity index (χ4v) is 2.47. The number of hydrogen-bond acceptors (Lipinski definition) is 6. The van der Waals surface area contributed by atoms with Crippen LogP contribution in [0.4, 0.5) is 0 Å². The first kappa shape index (κ1) is 17.5. The molecule has 0 bridgehead atoms. The van der Waals surface area contributed by atoms with Crippen LogP contribution in [0.5, 0.6) is 0 Å². The molecule has 0 amide bonds. The lowest BCUT2D eigenvalue weighted by Crippen LogP contribution is -2.55. The Bertz CT molecular complexity index is 618. The van der Waals surface area contributed by atoms with E-state index in [0.29, 0.717) is 11.1 Å². The van der Waals surface area contributed by atoms with Crippen LogP contribution in [0.2, 0.25) is 0 Å². The van der Waals surface area contributed by atoms with Crippen LogP contribution in [0.1, 0.15) is 33.4 Å². The summed E-state index contributed by atoms with van der Waals surface area (Å²) in [4.78, 5) is 29.0. The largest absolute Gasteiger partial charge is 0.703 e. The first-order valence-corrected chi connectivity index (χ1v) is 6.47. The van der Waals surface area contributed by atoms with Crippen LogP contribution in [-0.2, 0) is 6.42 Å². The van der Waals surface area contributed by atoms with Gasteiger partial charge >= 0.3 is 5.79 Å². The minimum absolute atomic E-state index is 0.283. The van der Waals surface area contributed by atoms with Crippen LogP contribution < -0.4 is 0 Å². The molecule has 0 aliphatic carbocycles. The lowest BCUT2D eigenvalue weighted by molar-refractivity contribution is -0.969. The molecule has 0 N–H and O–H groups in total. The summed E-state index contributed by atoms with van der Waals surface area (Å²) >= 11 is 0. The normalized spacial score (nSPS) is 11.3. The van der Waals surface area contributed by atoms with E-state index in [0.717, 1.165) is 16.7 Å². The monoisotopic (exact) mass is 311 g/mol. The van der Waals surface area contributed by atoms with Crippen LogP contribution in [0.15, 0.2) is 0 Å². The highest BCUT2D eigenvalue weighted by Crippen LogP contribution is 2.30. The van der Waals surface area contributed by atoms with E-state index in [1.165, 1.54) is 0 Å². The average molecular weight is 311 g/mol. The van der Waals surface area contributed by atoms with Gasteiger partial charge in [0.2, 0.25) is 0 Å².